The number of carbonyl (C=O) groups is 2. The first-order valence-corrected chi connectivity index (χ1v) is 10.9. The first-order valence-electron chi connectivity index (χ1n) is 9.58. The molecule has 3 N–H and O–H groups in total. The highest BCUT2D eigenvalue weighted by Crippen LogP contribution is 2.32. The number of nitrogens with one attached hydrogen (secondary N) is 3. The van der Waals surface area contributed by atoms with Gasteiger partial charge in [-0.3, -0.25) is 14.4 Å². The number of rotatable bonds is 5. The molecule has 0 saturated carbocycles. The van der Waals surface area contributed by atoms with Crippen LogP contribution >= 0.6 is 23.4 Å². The Morgan fingerprint density at radius 3 is 2.81 bits per heavy atom. The zero-order chi connectivity index (χ0) is 22.0. The van der Waals surface area contributed by atoms with E-state index in [0.717, 1.165) is 11.1 Å². The van der Waals surface area contributed by atoms with E-state index < -0.39 is 17.4 Å². The molecule has 0 spiro atoms. The van der Waals surface area contributed by atoms with Crippen molar-refractivity contribution >= 4 is 46.7 Å². The molecule has 9 heteroatoms. The summed E-state index contributed by atoms with van der Waals surface area (Å²) in [5.74, 6) is -1.11. The Balaban J connectivity index is 1.58. The molecule has 3 aromatic rings. The average molecular weight is 455 g/mol. The first kappa shape index (κ1) is 21.1. The zero-order valence-corrected chi connectivity index (χ0v) is 18.1. The van der Waals surface area contributed by atoms with Crippen molar-refractivity contribution in [2.45, 2.75) is 30.2 Å². The lowest BCUT2D eigenvalue weighted by Gasteiger charge is -2.23. The lowest BCUT2D eigenvalue weighted by atomic mass is 9.92. The Morgan fingerprint density at radius 1 is 1.23 bits per heavy atom. The fourth-order valence-electron chi connectivity index (χ4n) is 3.38. The first-order chi connectivity index (χ1) is 14.9. The second-order valence-corrected chi connectivity index (χ2v) is 8.56. The molecule has 31 heavy (non-hydrogen) atoms. The summed E-state index contributed by atoms with van der Waals surface area (Å²) >= 11 is 7.45. The summed E-state index contributed by atoms with van der Waals surface area (Å²) in [5, 5.41) is 6.06. The van der Waals surface area contributed by atoms with Gasteiger partial charge in [0.15, 0.2) is 5.16 Å². The number of hydrogen-bond donors (Lipinski definition) is 3. The summed E-state index contributed by atoms with van der Waals surface area (Å²) < 4.78 is 0. The molecule has 1 aliphatic heterocycles. The Morgan fingerprint density at radius 2 is 2.03 bits per heavy atom. The summed E-state index contributed by atoms with van der Waals surface area (Å²) in [7, 11) is 0. The van der Waals surface area contributed by atoms with Crippen LogP contribution in [0.5, 0.6) is 0 Å². The van der Waals surface area contributed by atoms with Gasteiger partial charge in [-0.15, -0.1) is 0 Å². The van der Waals surface area contributed by atoms with Gasteiger partial charge in [0.2, 0.25) is 11.8 Å². The molecule has 2 heterocycles. The number of aromatic nitrogens is 2. The number of thioether (sulfide) groups is 1. The highest BCUT2D eigenvalue weighted by molar-refractivity contribution is 7.98. The van der Waals surface area contributed by atoms with Gasteiger partial charge in [-0.1, -0.05) is 65.3 Å². The number of hydrogen-bond acceptors (Lipinski definition) is 5. The second kappa shape index (κ2) is 8.95. The molecule has 0 bridgehead atoms. The van der Waals surface area contributed by atoms with E-state index in [9.17, 15) is 14.4 Å². The molecule has 1 unspecified atom stereocenters. The third kappa shape index (κ3) is 4.81. The van der Waals surface area contributed by atoms with Crippen molar-refractivity contribution in [2.24, 2.45) is 0 Å². The van der Waals surface area contributed by atoms with Crippen LogP contribution in [0.2, 0.25) is 5.02 Å². The smallest absolute Gasteiger partial charge is 0.257 e. The molecule has 2 aromatic carbocycles. The average Bonchev–Trinajstić information content (AvgIpc) is 2.73. The zero-order valence-electron chi connectivity index (χ0n) is 16.6. The van der Waals surface area contributed by atoms with E-state index in [-0.39, 0.29) is 23.7 Å². The van der Waals surface area contributed by atoms with Gasteiger partial charge in [-0.05, 0) is 24.6 Å². The van der Waals surface area contributed by atoms with Crippen molar-refractivity contribution in [1.29, 1.82) is 0 Å². The number of benzene rings is 2. The van der Waals surface area contributed by atoms with Crippen molar-refractivity contribution in [3.05, 3.63) is 80.6 Å². The van der Waals surface area contributed by atoms with Gasteiger partial charge < -0.3 is 15.6 Å². The summed E-state index contributed by atoms with van der Waals surface area (Å²) in [6.07, 6.45) is -0.149. The third-order valence-electron chi connectivity index (χ3n) is 4.84. The predicted octanol–water partition coefficient (Wildman–Crippen LogP) is 4.09. The molecule has 0 saturated heterocycles. The van der Waals surface area contributed by atoms with Gasteiger partial charge in [0.05, 0.1) is 22.2 Å². The van der Waals surface area contributed by atoms with E-state index in [1.165, 1.54) is 11.8 Å². The molecule has 158 valence electrons. The van der Waals surface area contributed by atoms with Crippen LogP contribution in [-0.2, 0) is 15.3 Å². The van der Waals surface area contributed by atoms with Crippen molar-refractivity contribution in [1.82, 2.24) is 9.97 Å². The molecular weight excluding hydrogens is 436 g/mol. The van der Waals surface area contributed by atoms with Crippen molar-refractivity contribution in [3.63, 3.8) is 0 Å². The SMILES string of the molecule is Cc1cccc(CSc2nc3c(c(=O)[nH]2)C(C(=O)Nc2ccccc2Cl)CC(=O)N3)c1. The van der Waals surface area contributed by atoms with E-state index in [1.54, 1.807) is 24.3 Å². The fraction of sp³-hybridized carbons (Fsp3) is 0.182. The number of carbonyl (C=O) groups excluding carboxylic acids is 2. The third-order valence-corrected chi connectivity index (χ3v) is 6.11. The van der Waals surface area contributed by atoms with E-state index in [4.69, 9.17) is 11.6 Å². The number of amides is 2. The Hall–Kier alpha value is -3.10. The summed E-state index contributed by atoms with van der Waals surface area (Å²) in [5.41, 5.74) is 2.34. The Bertz CT molecular complexity index is 1230. The van der Waals surface area contributed by atoms with Crippen LogP contribution in [0.4, 0.5) is 11.5 Å². The number of aromatic amines is 1. The van der Waals surface area contributed by atoms with Crippen molar-refractivity contribution in [3.8, 4) is 0 Å². The quantitative estimate of drug-likeness (QED) is 0.398. The van der Waals surface area contributed by atoms with Crippen LogP contribution in [0.15, 0.2) is 58.5 Å². The minimum Gasteiger partial charge on any atom is -0.324 e. The molecule has 0 fully saturated rings. The van der Waals surface area contributed by atoms with Crippen LogP contribution in [-0.4, -0.2) is 21.8 Å². The number of nitrogens with zero attached hydrogens (tertiary/aromatic N) is 1. The lowest BCUT2D eigenvalue weighted by Crippen LogP contribution is -2.36. The number of halogens is 1. The largest absolute Gasteiger partial charge is 0.324 e. The maximum absolute atomic E-state index is 12.9. The summed E-state index contributed by atoms with van der Waals surface area (Å²) in [6, 6.07) is 14.8. The predicted molar refractivity (Wildman–Crippen MR) is 122 cm³/mol. The van der Waals surface area contributed by atoms with E-state index in [1.807, 2.05) is 25.1 Å². The second-order valence-electron chi connectivity index (χ2n) is 7.19. The van der Waals surface area contributed by atoms with Crippen LogP contribution in [0.25, 0.3) is 0 Å². The molecule has 1 aliphatic rings. The highest BCUT2D eigenvalue weighted by atomic mass is 35.5. The maximum Gasteiger partial charge on any atom is 0.257 e. The van der Waals surface area contributed by atoms with Crippen molar-refractivity contribution < 1.29 is 9.59 Å². The number of H-pyrrole nitrogens is 1. The van der Waals surface area contributed by atoms with E-state index in [0.29, 0.717) is 21.6 Å². The molecule has 2 amide bonds. The van der Waals surface area contributed by atoms with E-state index >= 15 is 0 Å². The number of anilines is 2. The van der Waals surface area contributed by atoms with Gasteiger partial charge in [-0.2, -0.15) is 0 Å². The molecule has 7 nitrogen and oxygen atoms in total. The Kier molecular flexibility index (Phi) is 6.11. The molecule has 4 rings (SSSR count). The van der Waals surface area contributed by atoms with Gasteiger partial charge in [0.1, 0.15) is 5.82 Å². The Labute approximate surface area is 187 Å². The van der Waals surface area contributed by atoms with E-state index in [2.05, 4.69) is 26.7 Å². The number of para-hydroxylation sites is 1. The van der Waals surface area contributed by atoms with Gasteiger partial charge in [0, 0.05) is 12.2 Å². The standard InChI is InChI=1S/C22H19ClN4O3S/c1-12-5-4-6-13(9-12)11-31-22-26-19-18(21(30)27-22)14(10-17(28)25-19)20(29)24-16-8-3-2-7-15(16)23/h2-9,14H,10-11H2,1H3,(H,24,29)(H2,25,26,27,28,30). The van der Waals surface area contributed by atoms with Gasteiger partial charge >= 0.3 is 0 Å². The lowest BCUT2D eigenvalue weighted by molar-refractivity contribution is -0.123. The monoisotopic (exact) mass is 454 g/mol. The topological polar surface area (TPSA) is 104 Å². The van der Waals surface area contributed by atoms with Crippen LogP contribution in [0.3, 0.4) is 0 Å². The van der Waals surface area contributed by atoms with Crippen LogP contribution in [0.1, 0.15) is 29.0 Å². The minimum absolute atomic E-state index is 0.117. The molecule has 0 radical (unpaired) electrons. The van der Waals surface area contributed by atoms with Crippen LogP contribution < -0.4 is 16.2 Å². The normalized spacial score (nSPS) is 15.2. The minimum atomic E-state index is -0.966. The van der Waals surface area contributed by atoms with Crippen molar-refractivity contribution in [2.75, 3.05) is 10.6 Å². The number of fused-ring (bicyclic) bond motifs is 1. The fourth-order valence-corrected chi connectivity index (χ4v) is 4.37. The molecular formula is C22H19ClN4O3S. The summed E-state index contributed by atoms with van der Waals surface area (Å²) in [6.45, 7) is 2.01. The molecule has 1 aromatic heterocycles. The van der Waals surface area contributed by atoms with Gasteiger partial charge in [-0.25, -0.2) is 4.98 Å². The summed E-state index contributed by atoms with van der Waals surface area (Å²) in [4.78, 5) is 45.0. The molecule has 0 aliphatic carbocycles. The van der Waals surface area contributed by atoms with Crippen LogP contribution in [0, 0.1) is 6.92 Å². The van der Waals surface area contributed by atoms with Gasteiger partial charge in [0.25, 0.3) is 5.56 Å². The number of aryl methyl sites for hydroxylation is 1. The maximum atomic E-state index is 12.9. The molecule has 1 atom stereocenters. The highest BCUT2D eigenvalue weighted by Gasteiger charge is 2.35.